The van der Waals surface area contributed by atoms with Crippen LogP contribution in [-0.4, -0.2) is 17.8 Å². The van der Waals surface area contributed by atoms with Crippen LogP contribution < -0.4 is 5.32 Å². The Morgan fingerprint density at radius 2 is 2.06 bits per heavy atom. The number of hydrogen-bond acceptors (Lipinski definition) is 2. The predicted molar refractivity (Wildman–Crippen MR) is 68.3 cm³/mol. The summed E-state index contributed by atoms with van der Waals surface area (Å²) in [5.41, 5.74) is 0.937. The van der Waals surface area contributed by atoms with Gasteiger partial charge in [0, 0.05) is 12.1 Å². The molecule has 0 aliphatic rings. The quantitative estimate of drug-likeness (QED) is 0.800. The molecule has 96 valence electrons. The van der Waals surface area contributed by atoms with Gasteiger partial charge in [-0.1, -0.05) is 32.9 Å². The van der Waals surface area contributed by atoms with Crippen molar-refractivity contribution in [3.63, 3.8) is 0 Å². The van der Waals surface area contributed by atoms with Crippen LogP contribution in [0.2, 0.25) is 0 Å². The van der Waals surface area contributed by atoms with E-state index in [0.29, 0.717) is 5.92 Å². The fourth-order valence-corrected chi connectivity index (χ4v) is 1.89. The standard InChI is InChI=1S/C14H22FNO/c1-4-13(16-14(9-17)10(2)3)11-6-5-7-12(15)8-11/h5-8,10,13-14,16-17H,4,9H2,1-3H3/t13?,14-/m0/s1. The van der Waals surface area contributed by atoms with Crippen molar-refractivity contribution in [3.8, 4) is 0 Å². The molecule has 2 nitrogen and oxygen atoms in total. The molecule has 1 aromatic carbocycles. The van der Waals surface area contributed by atoms with Crippen LogP contribution in [0.1, 0.15) is 38.8 Å². The average Bonchev–Trinajstić information content (AvgIpc) is 2.30. The van der Waals surface area contributed by atoms with E-state index < -0.39 is 0 Å². The SMILES string of the molecule is CCC(N[C@@H](CO)C(C)C)c1cccc(F)c1. The fourth-order valence-electron chi connectivity index (χ4n) is 1.89. The minimum absolute atomic E-state index is 0.0446. The molecule has 0 heterocycles. The Kier molecular flexibility index (Phi) is 5.59. The second kappa shape index (κ2) is 6.72. The highest BCUT2D eigenvalue weighted by Gasteiger charge is 2.17. The highest BCUT2D eigenvalue weighted by Crippen LogP contribution is 2.19. The van der Waals surface area contributed by atoms with Crippen molar-refractivity contribution in [3.05, 3.63) is 35.6 Å². The van der Waals surface area contributed by atoms with Gasteiger partial charge in [0.25, 0.3) is 0 Å². The number of aliphatic hydroxyl groups excluding tert-OH is 1. The molecule has 0 amide bonds. The lowest BCUT2D eigenvalue weighted by molar-refractivity contribution is 0.198. The van der Waals surface area contributed by atoms with Crippen LogP contribution in [0.15, 0.2) is 24.3 Å². The summed E-state index contributed by atoms with van der Waals surface area (Å²) in [5.74, 6) is 0.135. The van der Waals surface area contributed by atoms with Crippen molar-refractivity contribution in [2.45, 2.75) is 39.3 Å². The van der Waals surface area contributed by atoms with E-state index in [9.17, 15) is 9.50 Å². The Bertz CT molecular complexity index is 341. The molecule has 3 heteroatoms. The highest BCUT2D eigenvalue weighted by molar-refractivity contribution is 5.20. The Balaban J connectivity index is 2.78. The number of aliphatic hydroxyl groups is 1. The summed E-state index contributed by atoms with van der Waals surface area (Å²) in [6.45, 7) is 6.28. The Morgan fingerprint density at radius 3 is 2.53 bits per heavy atom. The van der Waals surface area contributed by atoms with E-state index in [1.54, 1.807) is 12.1 Å². The molecule has 1 rings (SSSR count). The fraction of sp³-hybridized carbons (Fsp3) is 0.571. The zero-order valence-corrected chi connectivity index (χ0v) is 10.8. The summed E-state index contributed by atoms with van der Waals surface area (Å²) in [6, 6.07) is 6.77. The lowest BCUT2D eigenvalue weighted by atomic mass is 9.99. The molecule has 0 saturated carbocycles. The molecule has 0 spiro atoms. The number of rotatable bonds is 6. The molecule has 2 N–H and O–H groups in total. The van der Waals surface area contributed by atoms with Crippen molar-refractivity contribution in [1.29, 1.82) is 0 Å². The van der Waals surface area contributed by atoms with Gasteiger partial charge in [-0.05, 0) is 30.0 Å². The van der Waals surface area contributed by atoms with E-state index in [1.807, 2.05) is 6.07 Å². The van der Waals surface area contributed by atoms with E-state index in [-0.39, 0.29) is 24.5 Å². The number of hydrogen-bond donors (Lipinski definition) is 2. The Labute approximate surface area is 103 Å². The first-order chi connectivity index (χ1) is 8.08. The summed E-state index contributed by atoms with van der Waals surface area (Å²) < 4.78 is 13.2. The van der Waals surface area contributed by atoms with Gasteiger partial charge in [-0.2, -0.15) is 0 Å². The minimum atomic E-state index is -0.215. The van der Waals surface area contributed by atoms with E-state index in [1.165, 1.54) is 6.07 Å². The van der Waals surface area contributed by atoms with Crippen molar-refractivity contribution in [2.24, 2.45) is 5.92 Å². The summed E-state index contributed by atoms with van der Waals surface area (Å²) in [6.07, 6.45) is 0.868. The van der Waals surface area contributed by atoms with Gasteiger partial charge in [-0.3, -0.25) is 0 Å². The van der Waals surface area contributed by atoms with Crippen LogP contribution in [0.25, 0.3) is 0 Å². The molecule has 0 bridgehead atoms. The number of nitrogens with one attached hydrogen (secondary N) is 1. The molecule has 0 aliphatic carbocycles. The van der Waals surface area contributed by atoms with Gasteiger partial charge in [0.1, 0.15) is 5.82 Å². The van der Waals surface area contributed by atoms with Gasteiger partial charge in [0.05, 0.1) is 6.61 Å². The predicted octanol–water partition coefficient (Wildman–Crippen LogP) is 2.88. The van der Waals surface area contributed by atoms with Crippen LogP contribution >= 0.6 is 0 Å². The monoisotopic (exact) mass is 239 g/mol. The van der Waals surface area contributed by atoms with Gasteiger partial charge in [0.2, 0.25) is 0 Å². The third-order valence-corrected chi connectivity index (χ3v) is 3.08. The minimum Gasteiger partial charge on any atom is -0.395 e. The maximum Gasteiger partial charge on any atom is 0.123 e. The van der Waals surface area contributed by atoms with Crippen molar-refractivity contribution >= 4 is 0 Å². The lowest BCUT2D eigenvalue weighted by Gasteiger charge is -2.26. The lowest BCUT2D eigenvalue weighted by Crippen LogP contribution is -2.39. The summed E-state index contributed by atoms with van der Waals surface area (Å²) >= 11 is 0. The van der Waals surface area contributed by atoms with Gasteiger partial charge in [0.15, 0.2) is 0 Å². The molecule has 0 aliphatic heterocycles. The molecule has 1 aromatic rings. The zero-order chi connectivity index (χ0) is 12.8. The first kappa shape index (κ1) is 14.1. The molecule has 17 heavy (non-hydrogen) atoms. The second-order valence-electron chi connectivity index (χ2n) is 4.72. The average molecular weight is 239 g/mol. The van der Waals surface area contributed by atoms with Gasteiger partial charge in [-0.15, -0.1) is 0 Å². The molecular formula is C14H22FNO. The van der Waals surface area contributed by atoms with Crippen LogP contribution in [0, 0.1) is 11.7 Å². The van der Waals surface area contributed by atoms with E-state index in [4.69, 9.17) is 0 Å². The van der Waals surface area contributed by atoms with E-state index >= 15 is 0 Å². The summed E-state index contributed by atoms with van der Waals surface area (Å²) in [7, 11) is 0. The molecule has 0 radical (unpaired) electrons. The van der Waals surface area contributed by atoms with Gasteiger partial charge >= 0.3 is 0 Å². The van der Waals surface area contributed by atoms with Crippen molar-refractivity contribution in [1.82, 2.24) is 5.32 Å². The third-order valence-electron chi connectivity index (χ3n) is 3.08. The highest BCUT2D eigenvalue weighted by atomic mass is 19.1. The number of benzene rings is 1. The maximum absolute atomic E-state index is 13.2. The largest absolute Gasteiger partial charge is 0.395 e. The third kappa shape index (κ3) is 4.10. The first-order valence-electron chi connectivity index (χ1n) is 6.20. The summed E-state index contributed by atoms with van der Waals surface area (Å²) in [4.78, 5) is 0. The first-order valence-corrected chi connectivity index (χ1v) is 6.20. The van der Waals surface area contributed by atoms with E-state index in [0.717, 1.165) is 12.0 Å². The van der Waals surface area contributed by atoms with Gasteiger partial charge < -0.3 is 10.4 Å². The van der Waals surface area contributed by atoms with Crippen molar-refractivity contribution < 1.29 is 9.50 Å². The zero-order valence-electron chi connectivity index (χ0n) is 10.8. The molecule has 0 saturated heterocycles. The molecule has 0 aromatic heterocycles. The van der Waals surface area contributed by atoms with E-state index in [2.05, 4.69) is 26.1 Å². The van der Waals surface area contributed by atoms with Gasteiger partial charge in [-0.25, -0.2) is 4.39 Å². The molecule has 2 atom stereocenters. The van der Waals surface area contributed by atoms with Crippen molar-refractivity contribution in [2.75, 3.05) is 6.61 Å². The maximum atomic E-state index is 13.2. The molecule has 1 unspecified atom stereocenters. The van der Waals surface area contributed by atoms with Crippen LogP contribution in [-0.2, 0) is 0 Å². The van der Waals surface area contributed by atoms with Crippen LogP contribution in [0.5, 0.6) is 0 Å². The smallest absolute Gasteiger partial charge is 0.123 e. The Morgan fingerprint density at radius 1 is 1.35 bits per heavy atom. The topological polar surface area (TPSA) is 32.3 Å². The second-order valence-corrected chi connectivity index (χ2v) is 4.72. The normalized spacial score (nSPS) is 14.9. The van der Waals surface area contributed by atoms with Crippen LogP contribution in [0.3, 0.4) is 0 Å². The molecule has 0 fully saturated rings. The van der Waals surface area contributed by atoms with Crippen LogP contribution in [0.4, 0.5) is 4.39 Å². The molecular weight excluding hydrogens is 217 g/mol. The Hall–Kier alpha value is -0.930. The number of halogens is 1. The summed E-state index contributed by atoms with van der Waals surface area (Å²) in [5, 5.41) is 12.7.